The molecule has 0 aliphatic heterocycles. The van der Waals surface area contributed by atoms with Crippen LogP contribution in [0.1, 0.15) is 29.7 Å². The van der Waals surface area contributed by atoms with Crippen molar-refractivity contribution in [3.63, 3.8) is 0 Å². The van der Waals surface area contributed by atoms with E-state index in [4.69, 9.17) is 5.11 Å². The number of aliphatic carboxylic acids is 1. The van der Waals surface area contributed by atoms with Crippen LogP contribution in [0.25, 0.3) is 0 Å². The van der Waals surface area contributed by atoms with E-state index in [0.717, 1.165) is 9.88 Å². The Labute approximate surface area is 88.9 Å². The maximum Gasteiger partial charge on any atom is 0.308 e. The Morgan fingerprint density at radius 3 is 2.69 bits per heavy atom. The normalized spacial score (nSPS) is 10.8. The number of nitrogens with zero attached hydrogens (tertiary/aromatic N) is 1. The highest BCUT2D eigenvalue weighted by atomic mass is 79.9. The van der Waals surface area contributed by atoms with Crippen LogP contribution >= 0.6 is 27.3 Å². The summed E-state index contributed by atoms with van der Waals surface area (Å²) in [7, 11) is 0. The summed E-state index contributed by atoms with van der Waals surface area (Å²) in [6, 6.07) is 0. The second kappa shape index (κ2) is 4.19. The SMILES string of the molecule is CC(C)c1nc(Br)c(CC(=O)O)s1. The average molecular weight is 264 g/mol. The van der Waals surface area contributed by atoms with Gasteiger partial charge in [-0.2, -0.15) is 0 Å². The third-order valence-corrected chi connectivity index (χ3v) is 3.75. The van der Waals surface area contributed by atoms with Gasteiger partial charge in [0.2, 0.25) is 0 Å². The first-order valence-electron chi connectivity index (χ1n) is 3.87. The van der Waals surface area contributed by atoms with Crippen molar-refractivity contribution in [2.75, 3.05) is 0 Å². The van der Waals surface area contributed by atoms with Crippen LogP contribution in [0, 0.1) is 0 Å². The van der Waals surface area contributed by atoms with Gasteiger partial charge < -0.3 is 5.11 Å². The molecule has 13 heavy (non-hydrogen) atoms. The lowest BCUT2D eigenvalue weighted by Crippen LogP contribution is -1.98. The highest BCUT2D eigenvalue weighted by molar-refractivity contribution is 9.10. The molecule has 0 bridgehead atoms. The molecule has 1 aromatic rings. The van der Waals surface area contributed by atoms with E-state index in [0.29, 0.717) is 10.5 Å². The van der Waals surface area contributed by atoms with E-state index < -0.39 is 5.97 Å². The van der Waals surface area contributed by atoms with Crippen molar-refractivity contribution < 1.29 is 9.90 Å². The van der Waals surface area contributed by atoms with Crippen molar-refractivity contribution in [3.05, 3.63) is 14.5 Å². The number of thiazole rings is 1. The molecule has 1 aromatic heterocycles. The van der Waals surface area contributed by atoms with Crippen molar-refractivity contribution in [1.82, 2.24) is 4.98 Å². The van der Waals surface area contributed by atoms with Crippen molar-refractivity contribution in [2.45, 2.75) is 26.2 Å². The van der Waals surface area contributed by atoms with Gasteiger partial charge in [-0.15, -0.1) is 11.3 Å². The standard InChI is InChI=1S/C8H10BrNO2S/c1-4(2)8-10-7(9)5(13-8)3-6(11)12/h4H,3H2,1-2H3,(H,11,12). The largest absolute Gasteiger partial charge is 0.481 e. The van der Waals surface area contributed by atoms with Gasteiger partial charge in [0.15, 0.2) is 0 Å². The molecule has 0 aromatic carbocycles. The monoisotopic (exact) mass is 263 g/mol. The molecule has 72 valence electrons. The molecule has 1 heterocycles. The molecule has 0 fully saturated rings. The predicted molar refractivity (Wildman–Crippen MR) is 55.2 cm³/mol. The van der Waals surface area contributed by atoms with Crippen molar-refractivity contribution in [1.29, 1.82) is 0 Å². The number of rotatable bonds is 3. The van der Waals surface area contributed by atoms with E-state index >= 15 is 0 Å². The van der Waals surface area contributed by atoms with Gasteiger partial charge in [0.05, 0.1) is 16.3 Å². The summed E-state index contributed by atoms with van der Waals surface area (Å²) >= 11 is 4.71. The summed E-state index contributed by atoms with van der Waals surface area (Å²) in [4.78, 5) is 15.5. The number of hydrogen-bond donors (Lipinski definition) is 1. The topological polar surface area (TPSA) is 50.2 Å². The summed E-state index contributed by atoms with van der Waals surface area (Å²) < 4.78 is 0.670. The molecule has 1 rings (SSSR count). The highest BCUT2D eigenvalue weighted by Gasteiger charge is 2.13. The van der Waals surface area contributed by atoms with Gasteiger partial charge in [-0.25, -0.2) is 4.98 Å². The lowest BCUT2D eigenvalue weighted by atomic mass is 10.2. The summed E-state index contributed by atoms with van der Waals surface area (Å²) in [6.07, 6.45) is 0.0466. The van der Waals surface area contributed by atoms with Gasteiger partial charge in [0.25, 0.3) is 0 Å². The lowest BCUT2D eigenvalue weighted by Gasteiger charge is -1.94. The fourth-order valence-corrected chi connectivity index (χ4v) is 2.49. The van der Waals surface area contributed by atoms with Crippen LogP contribution in [-0.4, -0.2) is 16.1 Å². The number of halogens is 1. The van der Waals surface area contributed by atoms with Crippen molar-refractivity contribution in [2.24, 2.45) is 0 Å². The number of carboxylic acid groups (broad SMARTS) is 1. The second-order valence-electron chi connectivity index (χ2n) is 2.99. The Kier molecular flexibility index (Phi) is 3.44. The average Bonchev–Trinajstić information content (AvgIpc) is 2.31. The van der Waals surface area contributed by atoms with Gasteiger partial charge >= 0.3 is 5.97 Å². The first kappa shape index (κ1) is 10.7. The third-order valence-electron chi connectivity index (χ3n) is 1.47. The first-order valence-corrected chi connectivity index (χ1v) is 5.48. The minimum absolute atomic E-state index is 0.0466. The molecule has 0 radical (unpaired) electrons. The molecular weight excluding hydrogens is 254 g/mol. The molecule has 0 aliphatic rings. The van der Waals surface area contributed by atoms with Crippen LogP contribution in [0.5, 0.6) is 0 Å². The molecule has 1 N–H and O–H groups in total. The Morgan fingerprint density at radius 1 is 1.69 bits per heavy atom. The minimum atomic E-state index is -0.820. The second-order valence-corrected chi connectivity index (χ2v) is 4.86. The van der Waals surface area contributed by atoms with Crippen LogP contribution in [-0.2, 0) is 11.2 Å². The number of carbonyl (C=O) groups is 1. The Bertz CT molecular complexity index is 322. The van der Waals surface area contributed by atoms with Gasteiger partial charge in [0.1, 0.15) is 4.60 Å². The van der Waals surface area contributed by atoms with Gasteiger partial charge in [-0.1, -0.05) is 13.8 Å². The van der Waals surface area contributed by atoms with Crippen LogP contribution in [0.3, 0.4) is 0 Å². The van der Waals surface area contributed by atoms with E-state index in [2.05, 4.69) is 20.9 Å². The number of hydrogen-bond acceptors (Lipinski definition) is 3. The zero-order valence-electron chi connectivity index (χ0n) is 7.37. The molecule has 0 amide bonds. The van der Waals surface area contributed by atoms with Crippen LogP contribution in [0.2, 0.25) is 0 Å². The van der Waals surface area contributed by atoms with E-state index in [1.54, 1.807) is 0 Å². The molecule has 0 saturated heterocycles. The maximum absolute atomic E-state index is 10.5. The smallest absolute Gasteiger partial charge is 0.308 e. The van der Waals surface area contributed by atoms with Crippen LogP contribution < -0.4 is 0 Å². The first-order chi connectivity index (χ1) is 6.00. The van der Waals surface area contributed by atoms with Gasteiger partial charge in [-0.3, -0.25) is 4.79 Å². The van der Waals surface area contributed by atoms with E-state index in [-0.39, 0.29) is 6.42 Å². The van der Waals surface area contributed by atoms with E-state index in [1.807, 2.05) is 13.8 Å². The van der Waals surface area contributed by atoms with Crippen molar-refractivity contribution >= 4 is 33.2 Å². The molecular formula is C8H10BrNO2S. The summed E-state index contributed by atoms with van der Waals surface area (Å²) in [5.74, 6) is -0.469. The zero-order valence-corrected chi connectivity index (χ0v) is 9.78. The number of carboxylic acids is 1. The fourth-order valence-electron chi connectivity index (χ4n) is 0.844. The molecule has 0 saturated carbocycles. The Hall–Kier alpha value is -0.420. The molecule has 3 nitrogen and oxygen atoms in total. The van der Waals surface area contributed by atoms with Crippen molar-refractivity contribution in [3.8, 4) is 0 Å². The molecule has 5 heteroatoms. The van der Waals surface area contributed by atoms with Gasteiger partial charge in [0, 0.05) is 5.92 Å². The van der Waals surface area contributed by atoms with E-state index in [9.17, 15) is 4.79 Å². The third kappa shape index (κ3) is 2.77. The molecule has 0 aliphatic carbocycles. The zero-order chi connectivity index (χ0) is 10.0. The molecule has 0 spiro atoms. The summed E-state index contributed by atoms with van der Waals surface area (Å²) in [6.45, 7) is 4.08. The molecule has 0 unspecified atom stereocenters. The van der Waals surface area contributed by atoms with E-state index in [1.165, 1.54) is 11.3 Å². The quantitative estimate of drug-likeness (QED) is 0.913. The van der Waals surface area contributed by atoms with Crippen LogP contribution in [0.15, 0.2) is 4.60 Å². The summed E-state index contributed by atoms with van der Waals surface area (Å²) in [5.41, 5.74) is 0. The highest BCUT2D eigenvalue weighted by Crippen LogP contribution is 2.28. The Morgan fingerprint density at radius 2 is 2.31 bits per heavy atom. The Balaban J connectivity index is 2.89. The summed E-state index contributed by atoms with van der Waals surface area (Å²) in [5, 5.41) is 9.57. The van der Waals surface area contributed by atoms with Gasteiger partial charge in [-0.05, 0) is 15.9 Å². The maximum atomic E-state index is 10.5. The predicted octanol–water partition coefficient (Wildman–Crippen LogP) is 2.66. The minimum Gasteiger partial charge on any atom is -0.481 e. The molecule has 0 atom stereocenters. The number of aromatic nitrogens is 1. The lowest BCUT2D eigenvalue weighted by molar-refractivity contribution is -0.136. The van der Waals surface area contributed by atoms with Crippen LogP contribution in [0.4, 0.5) is 0 Å². The fraction of sp³-hybridized carbons (Fsp3) is 0.500.